The highest BCUT2D eigenvalue weighted by Gasteiger charge is 2.27. The number of hydrogen-bond acceptors (Lipinski definition) is 7. The van der Waals surface area contributed by atoms with Gasteiger partial charge in [-0.05, 0) is 24.1 Å². The van der Waals surface area contributed by atoms with E-state index in [9.17, 15) is 0 Å². The summed E-state index contributed by atoms with van der Waals surface area (Å²) in [6, 6.07) is 7.85. The third-order valence-electron chi connectivity index (χ3n) is 4.23. The number of rotatable bonds is 5. The molecule has 130 valence electrons. The number of aryl methyl sites for hydroxylation is 1. The molecule has 1 aliphatic heterocycles. The van der Waals surface area contributed by atoms with Crippen molar-refractivity contribution in [2.24, 2.45) is 0 Å². The molecular weight excluding hydrogens is 322 g/mol. The van der Waals surface area contributed by atoms with Gasteiger partial charge in [-0.3, -0.25) is 0 Å². The van der Waals surface area contributed by atoms with Crippen LogP contribution < -0.4 is 4.74 Å². The molecule has 25 heavy (non-hydrogen) atoms. The fraction of sp³-hybridized carbons (Fsp3) is 0.412. The van der Waals surface area contributed by atoms with Gasteiger partial charge in [0, 0.05) is 6.42 Å². The zero-order chi connectivity index (χ0) is 17.2. The third kappa shape index (κ3) is 3.00. The van der Waals surface area contributed by atoms with E-state index in [1.807, 2.05) is 28.9 Å². The molecule has 0 unspecified atom stereocenters. The third-order valence-corrected chi connectivity index (χ3v) is 4.23. The maximum atomic E-state index is 6.01. The van der Waals surface area contributed by atoms with Crippen LogP contribution in [0.2, 0.25) is 0 Å². The second-order valence-corrected chi connectivity index (χ2v) is 5.91. The van der Waals surface area contributed by atoms with Gasteiger partial charge in [-0.15, -0.1) is 5.10 Å². The van der Waals surface area contributed by atoms with Crippen LogP contribution in [0.3, 0.4) is 0 Å². The summed E-state index contributed by atoms with van der Waals surface area (Å²) in [5, 5.41) is 12.4. The fourth-order valence-corrected chi connectivity index (χ4v) is 2.87. The van der Waals surface area contributed by atoms with Crippen molar-refractivity contribution in [1.29, 1.82) is 0 Å². The Hall–Kier alpha value is -2.74. The van der Waals surface area contributed by atoms with E-state index >= 15 is 0 Å². The number of ether oxygens (including phenoxy) is 2. The van der Waals surface area contributed by atoms with Gasteiger partial charge in [0.05, 0.1) is 26.0 Å². The monoisotopic (exact) mass is 341 g/mol. The Labute approximate surface area is 144 Å². The lowest BCUT2D eigenvalue weighted by Gasteiger charge is -2.24. The van der Waals surface area contributed by atoms with Crippen molar-refractivity contribution < 1.29 is 14.0 Å². The number of nitrogens with zero attached hydrogens (tertiary/aromatic N) is 5. The Kier molecular flexibility index (Phi) is 4.19. The number of benzene rings is 1. The molecule has 0 radical (unpaired) electrons. The Morgan fingerprint density at radius 1 is 1.28 bits per heavy atom. The molecule has 2 aromatic heterocycles. The summed E-state index contributed by atoms with van der Waals surface area (Å²) in [5.41, 5.74) is 2.53. The van der Waals surface area contributed by atoms with E-state index in [1.165, 1.54) is 0 Å². The molecule has 8 nitrogen and oxygen atoms in total. The van der Waals surface area contributed by atoms with E-state index in [0.717, 1.165) is 29.8 Å². The maximum absolute atomic E-state index is 6.01. The number of fused-ring (bicyclic) bond motifs is 1. The first-order chi connectivity index (χ1) is 12.3. The average Bonchev–Trinajstić information content (AvgIpc) is 3.28. The van der Waals surface area contributed by atoms with Crippen LogP contribution in [-0.2, 0) is 24.3 Å². The molecular formula is C17H19N5O3. The topological polar surface area (TPSA) is 88.1 Å². The SMILES string of the molecule is CCCc1noc(-c2nnn3c2CO[C@H](c2ccc(OC)cc2)C3)n1. The first-order valence-electron chi connectivity index (χ1n) is 8.29. The summed E-state index contributed by atoms with van der Waals surface area (Å²) in [5.74, 6) is 1.91. The lowest BCUT2D eigenvalue weighted by molar-refractivity contribution is -0.00119. The maximum Gasteiger partial charge on any atom is 0.280 e. The molecule has 0 amide bonds. The van der Waals surface area contributed by atoms with E-state index in [4.69, 9.17) is 14.0 Å². The van der Waals surface area contributed by atoms with Gasteiger partial charge in [0.15, 0.2) is 11.5 Å². The molecule has 1 aromatic carbocycles. The molecule has 0 saturated carbocycles. The minimum Gasteiger partial charge on any atom is -0.497 e. The van der Waals surface area contributed by atoms with Crippen LogP contribution in [0, 0.1) is 0 Å². The smallest absolute Gasteiger partial charge is 0.280 e. The predicted octanol–water partition coefficient (Wildman–Crippen LogP) is 2.56. The highest BCUT2D eigenvalue weighted by atomic mass is 16.5. The van der Waals surface area contributed by atoms with E-state index in [1.54, 1.807) is 7.11 Å². The first kappa shape index (κ1) is 15.8. The average molecular weight is 341 g/mol. The molecule has 4 rings (SSSR count). The molecule has 1 aliphatic rings. The van der Waals surface area contributed by atoms with Crippen molar-refractivity contribution in [3.8, 4) is 17.3 Å². The Morgan fingerprint density at radius 3 is 2.88 bits per heavy atom. The minimum atomic E-state index is -0.0775. The molecule has 3 aromatic rings. The molecule has 8 heteroatoms. The van der Waals surface area contributed by atoms with Crippen LogP contribution in [0.25, 0.3) is 11.6 Å². The fourth-order valence-electron chi connectivity index (χ4n) is 2.87. The van der Waals surface area contributed by atoms with Crippen molar-refractivity contribution in [2.45, 2.75) is 39.0 Å². The summed E-state index contributed by atoms with van der Waals surface area (Å²) in [7, 11) is 1.65. The second kappa shape index (κ2) is 6.64. The van der Waals surface area contributed by atoms with Crippen LogP contribution in [0.15, 0.2) is 28.8 Å². The zero-order valence-corrected chi connectivity index (χ0v) is 14.2. The second-order valence-electron chi connectivity index (χ2n) is 5.91. The van der Waals surface area contributed by atoms with Crippen LogP contribution in [0.1, 0.15) is 36.5 Å². The van der Waals surface area contributed by atoms with Crippen molar-refractivity contribution in [3.05, 3.63) is 41.3 Å². The van der Waals surface area contributed by atoms with Gasteiger partial charge in [0.25, 0.3) is 5.89 Å². The van der Waals surface area contributed by atoms with Crippen molar-refractivity contribution in [3.63, 3.8) is 0 Å². The van der Waals surface area contributed by atoms with Gasteiger partial charge in [-0.2, -0.15) is 4.98 Å². The van der Waals surface area contributed by atoms with Crippen LogP contribution in [-0.4, -0.2) is 32.2 Å². The number of methoxy groups -OCH3 is 1. The van der Waals surface area contributed by atoms with E-state index < -0.39 is 0 Å². The molecule has 0 saturated heterocycles. The first-order valence-corrected chi connectivity index (χ1v) is 8.29. The summed E-state index contributed by atoms with van der Waals surface area (Å²) < 4.78 is 18.4. The lowest BCUT2D eigenvalue weighted by Crippen LogP contribution is -2.22. The molecule has 0 fully saturated rings. The predicted molar refractivity (Wildman–Crippen MR) is 87.8 cm³/mol. The summed E-state index contributed by atoms with van der Waals surface area (Å²) in [6.45, 7) is 3.05. The largest absolute Gasteiger partial charge is 0.497 e. The molecule has 0 N–H and O–H groups in total. The van der Waals surface area contributed by atoms with Gasteiger partial charge < -0.3 is 14.0 Å². The standard InChI is InChI=1S/C17H19N5O3/c1-3-4-15-18-17(25-20-15)16-13-10-24-14(9-22(13)21-19-16)11-5-7-12(23-2)8-6-11/h5-8,14H,3-4,9-10H2,1-2H3/t14-/m0/s1. The van der Waals surface area contributed by atoms with Crippen LogP contribution in [0.5, 0.6) is 5.75 Å². The highest BCUT2D eigenvalue weighted by Crippen LogP contribution is 2.30. The van der Waals surface area contributed by atoms with Gasteiger partial charge in [0.1, 0.15) is 11.9 Å². The molecule has 3 heterocycles. The number of aromatic nitrogens is 5. The summed E-state index contributed by atoms with van der Waals surface area (Å²) in [6.07, 6.45) is 1.67. The van der Waals surface area contributed by atoms with E-state index in [-0.39, 0.29) is 6.10 Å². The van der Waals surface area contributed by atoms with E-state index in [2.05, 4.69) is 27.4 Å². The summed E-state index contributed by atoms with van der Waals surface area (Å²) >= 11 is 0. The van der Waals surface area contributed by atoms with Gasteiger partial charge in [-0.25, -0.2) is 4.68 Å². The number of hydrogen-bond donors (Lipinski definition) is 0. The minimum absolute atomic E-state index is 0.0775. The van der Waals surface area contributed by atoms with Crippen LogP contribution in [0.4, 0.5) is 0 Å². The zero-order valence-electron chi connectivity index (χ0n) is 14.2. The van der Waals surface area contributed by atoms with E-state index in [0.29, 0.717) is 30.6 Å². The van der Waals surface area contributed by atoms with Gasteiger partial charge >= 0.3 is 0 Å². The Bertz CT molecular complexity index is 856. The van der Waals surface area contributed by atoms with Crippen LogP contribution >= 0.6 is 0 Å². The van der Waals surface area contributed by atoms with Crippen molar-refractivity contribution >= 4 is 0 Å². The normalized spacial score (nSPS) is 16.6. The van der Waals surface area contributed by atoms with Crippen molar-refractivity contribution in [2.75, 3.05) is 7.11 Å². The lowest BCUT2D eigenvalue weighted by atomic mass is 10.1. The molecule has 0 aliphatic carbocycles. The quantitative estimate of drug-likeness (QED) is 0.704. The molecule has 0 bridgehead atoms. The van der Waals surface area contributed by atoms with Gasteiger partial charge in [-0.1, -0.05) is 29.4 Å². The Balaban J connectivity index is 1.55. The Morgan fingerprint density at radius 2 is 2.12 bits per heavy atom. The molecule has 1 atom stereocenters. The summed E-state index contributed by atoms with van der Waals surface area (Å²) in [4.78, 5) is 4.38. The van der Waals surface area contributed by atoms with Crippen molar-refractivity contribution in [1.82, 2.24) is 25.1 Å². The van der Waals surface area contributed by atoms with Gasteiger partial charge in [0.2, 0.25) is 0 Å². The molecule has 0 spiro atoms. The highest BCUT2D eigenvalue weighted by molar-refractivity contribution is 5.49.